The Morgan fingerprint density at radius 1 is 0.280 bits per heavy atom. The third-order valence-electron chi connectivity index (χ3n) is 21.2. The van der Waals surface area contributed by atoms with Crippen LogP contribution >= 0.6 is 0 Å². The summed E-state index contributed by atoms with van der Waals surface area (Å²) in [6.45, 7) is -0.308. The van der Waals surface area contributed by atoms with E-state index in [0.29, 0.717) is 17.1 Å². The van der Waals surface area contributed by atoms with Gasteiger partial charge in [0, 0.05) is 82.2 Å². The highest BCUT2D eigenvalue weighted by atomic mass is 16.5. The molecule has 0 atom stereocenters. The van der Waals surface area contributed by atoms with E-state index in [1.165, 1.54) is 21.5 Å². The van der Waals surface area contributed by atoms with Crippen molar-refractivity contribution in [2.45, 2.75) is 0 Å². The van der Waals surface area contributed by atoms with Gasteiger partial charge in [0.05, 0.1) is 56.1 Å². The molecule has 0 bridgehead atoms. The van der Waals surface area contributed by atoms with Crippen molar-refractivity contribution in [3.05, 3.63) is 315 Å². The lowest BCUT2D eigenvalue weighted by Crippen LogP contribution is -2.57. The first kappa shape index (κ1) is 54.7. The lowest BCUT2D eigenvalue weighted by Gasteiger charge is -2.34. The number of benzene rings is 15. The predicted molar refractivity (Wildman–Crippen MR) is 408 cm³/mol. The minimum Gasteiger partial charge on any atom is -0.458 e. The van der Waals surface area contributed by atoms with Crippen LogP contribution in [0.15, 0.2) is 318 Å². The van der Waals surface area contributed by atoms with Crippen molar-refractivity contribution in [2.24, 2.45) is 0 Å². The highest BCUT2D eigenvalue weighted by molar-refractivity contribution is 6.98. The first-order chi connectivity index (χ1) is 49.5. The van der Waals surface area contributed by atoms with Gasteiger partial charge >= 0.3 is 0 Å². The maximum absolute atomic E-state index is 10.1. The van der Waals surface area contributed by atoms with Crippen LogP contribution in [0.1, 0.15) is 5.56 Å². The van der Waals surface area contributed by atoms with Crippen LogP contribution in [0.2, 0.25) is 0 Å². The smallest absolute Gasteiger partial charge is 0.260 e. The number of hydrogen-bond acceptors (Lipinski definition) is 5. The van der Waals surface area contributed by atoms with Crippen molar-refractivity contribution in [1.29, 1.82) is 5.26 Å². The number of para-hydroxylation sites is 7. The number of fused-ring (bicyclic) bond motifs is 19. The zero-order valence-electron chi connectivity index (χ0n) is 53.4. The maximum Gasteiger partial charge on any atom is 0.260 e. The second kappa shape index (κ2) is 20.7. The fourth-order valence-corrected chi connectivity index (χ4v) is 16.9. The molecule has 2 aliphatic rings. The fourth-order valence-electron chi connectivity index (χ4n) is 16.9. The van der Waals surface area contributed by atoms with Crippen molar-refractivity contribution in [2.75, 3.05) is 0 Å². The van der Waals surface area contributed by atoms with Crippen LogP contribution in [0.3, 0.4) is 0 Å². The van der Waals surface area contributed by atoms with Crippen molar-refractivity contribution in [3.63, 3.8) is 0 Å². The summed E-state index contributed by atoms with van der Waals surface area (Å²) in [4.78, 5) is 0. The van der Waals surface area contributed by atoms with Crippen molar-refractivity contribution in [1.82, 2.24) is 13.7 Å². The van der Waals surface area contributed by atoms with Gasteiger partial charge in [-0.05, 0) is 166 Å². The van der Waals surface area contributed by atoms with Gasteiger partial charge in [-0.2, -0.15) is 5.26 Å². The zero-order valence-corrected chi connectivity index (χ0v) is 53.4. The number of aromatic nitrogens is 3. The number of ether oxygens (including phenoxy) is 2. The first-order valence-electron chi connectivity index (χ1n) is 33.9. The number of nitrogens with zero attached hydrogens (tertiary/aromatic N) is 4. The summed E-state index contributed by atoms with van der Waals surface area (Å²) in [5, 5.41) is 21.2. The molecule has 2 aliphatic heterocycles. The number of nitriles is 1. The Bertz CT molecular complexity index is 6920. The molecule has 0 amide bonds. The van der Waals surface area contributed by atoms with Crippen LogP contribution in [0.5, 0.6) is 23.0 Å². The standard InChI is InChI=1S/C91H51BN4O4/c93-52-53-35-43-78-69(45-53)65-21-5-8-26-73(65)94(78)58-39-42-72-86(51-58)100-88-50-57(90-59(54-38-44-83-70(46-54)67-23-7-14-34-82(67)97-83)24-15-32-80(90)96-76-29-11-3-19-63(76)64-20-4-12-30-77(64)96)49-87-91(88)92(72)71-41-37-56(48-85(71)99-87)89-60(55-36-40-68-66-22-6-13-33-81(66)98-84(68)47-55)25-16-31-79(89)95-74-27-9-1-17-61(74)62-18-2-10-28-75(62)95/h1-51H. The summed E-state index contributed by atoms with van der Waals surface area (Å²) in [6, 6.07) is 113. The van der Waals surface area contributed by atoms with E-state index in [2.05, 4.69) is 293 Å². The molecular weight excluding hydrogens is 1220 g/mol. The lowest BCUT2D eigenvalue weighted by molar-refractivity contribution is 0.465. The van der Waals surface area contributed by atoms with E-state index in [-0.39, 0.29) is 6.71 Å². The summed E-state index contributed by atoms with van der Waals surface area (Å²) in [7, 11) is 0. The van der Waals surface area contributed by atoms with Crippen LogP contribution in [0, 0.1) is 11.3 Å². The van der Waals surface area contributed by atoms with Gasteiger partial charge < -0.3 is 32.0 Å². The van der Waals surface area contributed by atoms with Crippen LogP contribution in [-0.4, -0.2) is 20.4 Å². The molecule has 100 heavy (non-hydrogen) atoms. The molecular formula is C91H51BN4O4. The lowest BCUT2D eigenvalue weighted by atomic mass is 9.34. The Hall–Kier alpha value is -13.5. The molecule has 462 valence electrons. The topological polar surface area (TPSA) is 83.3 Å². The molecule has 22 rings (SSSR count). The molecule has 15 aromatic carbocycles. The van der Waals surface area contributed by atoms with Crippen molar-refractivity contribution < 1.29 is 18.3 Å². The Balaban J connectivity index is 0.804. The third kappa shape index (κ3) is 7.81. The van der Waals surface area contributed by atoms with E-state index in [1.807, 2.05) is 36.4 Å². The van der Waals surface area contributed by atoms with Gasteiger partial charge in [0.25, 0.3) is 6.71 Å². The molecule has 0 N–H and O–H groups in total. The van der Waals surface area contributed by atoms with E-state index in [4.69, 9.17) is 18.3 Å². The van der Waals surface area contributed by atoms with Crippen molar-refractivity contribution >= 4 is 132 Å². The molecule has 9 heteroatoms. The van der Waals surface area contributed by atoms with E-state index in [1.54, 1.807) is 0 Å². The molecule has 5 aromatic heterocycles. The van der Waals surface area contributed by atoms with Gasteiger partial charge in [-0.3, -0.25) is 0 Å². The SMILES string of the molecule is N#Cc1ccc2c(c1)c1ccccc1n2-c1ccc2c(c1)Oc1cc(-c3c(-c4ccc5oc6ccccc6c5c4)cccc3-n3c4ccccc4c4ccccc43)cc3c1B2c1ccc(-c2c(-c4ccc5c(c4)oc4ccccc45)cccc2-n2c4ccccc4c4ccccc42)cc1O3. The van der Waals surface area contributed by atoms with Gasteiger partial charge in [-0.25, -0.2) is 0 Å². The maximum atomic E-state index is 10.1. The van der Waals surface area contributed by atoms with Gasteiger partial charge in [0.1, 0.15) is 45.3 Å². The molecule has 20 aromatic rings. The molecule has 7 heterocycles. The quantitative estimate of drug-likeness (QED) is 0.149. The monoisotopic (exact) mass is 1270 g/mol. The Morgan fingerprint density at radius 2 is 0.720 bits per heavy atom. The molecule has 0 unspecified atom stereocenters. The van der Waals surface area contributed by atoms with Gasteiger partial charge in [-0.1, -0.05) is 182 Å². The van der Waals surface area contributed by atoms with Crippen LogP contribution in [-0.2, 0) is 0 Å². The number of furan rings is 2. The largest absolute Gasteiger partial charge is 0.458 e. The third-order valence-corrected chi connectivity index (χ3v) is 21.2. The van der Waals surface area contributed by atoms with Crippen LogP contribution in [0.4, 0.5) is 0 Å². The molecule has 0 fully saturated rings. The Morgan fingerprint density at radius 3 is 1.32 bits per heavy atom. The van der Waals surface area contributed by atoms with Gasteiger partial charge in [0.2, 0.25) is 0 Å². The molecule has 0 aliphatic carbocycles. The number of hydrogen-bond donors (Lipinski definition) is 0. The average Bonchev–Trinajstić information content (AvgIpc) is 1.68. The first-order valence-corrected chi connectivity index (χ1v) is 33.9. The molecule has 0 saturated heterocycles. The molecule has 0 radical (unpaired) electrons. The molecule has 8 nitrogen and oxygen atoms in total. The Kier molecular flexibility index (Phi) is 11.3. The summed E-state index contributed by atoms with van der Waals surface area (Å²) in [5.41, 5.74) is 24.5. The van der Waals surface area contributed by atoms with Gasteiger partial charge in [0.15, 0.2) is 0 Å². The minimum absolute atomic E-state index is 0.308. The van der Waals surface area contributed by atoms with E-state index in [0.717, 1.165) is 177 Å². The second-order valence-corrected chi connectivity index (χ2v) is 26.5. The molecule has 0 saturated carbocycles. The fraction of sp³-hybridized carbons (Fsp3) is 0. The summed E-state index contributed by atoms with van der Waals surface area (Å²) in [5.74, 6) is 2.90. The van der Waals surface area contributed by atoms with E-state index < -0.39 is 0 Å². The highest BCUT2D eigenvalue weighted by Gasteiger charge is 2.42. The Labute approximate surface area is 571 Å². The minimum atomic E-state index is -0.308. The van der Waals surface area contributed by atoms with Crippen LogP contribution in [0.25, 0.3) is 171 Å². The summed E-state index contributed by atoms with van der Waals surface area (Å²) in [6.07, 6.45) is 0. The highest BCUT2D eigenvalue weighted by Crippen LogP contribution is 2.49. The normalized spacial score (nSPS) is 12.5. The van der Waals surface area contributed by atoms with Crippen molar-refractivity contribution in [3.8, 4) is 90.6 Å². The second-order valence-electron chi connectivity index (χ2n) is 26.5. The van der Waals surface area contributed by atoms with E-state index in [9.17, 15) is 5.26 Å². The average molecular weight is 1280 g/mol. The van der Waals surface area contributed by atoms with Gasteiger partial charge in [-0.15, -0.1) is 0 Å². The van der Waals surface area contributed by atoms with Crippen LogP contribution < -0.4 is 25.9 Å². The molecule has 0 spiro atoms. The number of rotatable bonds is 7. The summed E-state index contributed by atoms with van der Waals surface area (Å²) >= 11 is 0. The zero-order chi connectivity index (χ0) is 65.4. The predicted octanol–water partition coefficient (Wildman–Crippen LogP) is 22.0. The van der Waals surface area contributed by atoms with E-state index >= 15 is 0 Å². The summed E-state index contributed by atoms with van der Waals surface area (Å²) < 4.78 is 35.6.